The first-order chi connectivity index (χ1) is 8.40. The minimum Gasteiger partial charge on any atom is -0.374 e. The second kappa shape index (κ2) is 5.02. The topological polar surface area (TPSA) is 18.5 Å². The molecule has 2 rings (SSSR count). The molecule has 18 heavy (non-hydrogen) atoms. The SMILES string of the molecule is Cc1ccccc1COCC1(C)CCC(C)(C)O1. The molecule has 100 valence electrons. The minimum atomic E-state index is -0.119. The second-order valence-corrected chi connectivity index (χ2v) is 6.23. The van der Waals surface area contributed by atoms with Crippen molar-refractivity contribution in [2.24, 2.45) is 0 Å². The smallest absolute Gasteiger partial charge is 0.0895 e. The summed E-state index contributed by atoms with van der Waals surface area (Å²) in [6, 6.07) is 8.36. The van der Waals surface area contributed by atoms with Gasteiger partial charge in [0.05, 0.1) is 24.4 Å². The van der Waals surface area contributed by atoms with E-state index in [1.165, 1.54) is 11.1 Å². The molecule has 1 aromatic rings. The van der Waals surface area contributed by atoms with Crippen LogP contribution < -0.4 is 0 Å². The van der Waals surface area contributed by atoms with Crippen LogP contribution in [0.15, 0.2) is 24.3 Å². The van der Waals surface area contributed by atoms with Crippen molar-refractivity contribution >= 4 is 0 Å². The first-order valence-electron chi connectivity index (χ1n) is 6.73. The van der Waals surface area contributed by atoms with E-state index in [0.717, 1.165) is 12.8 Å². The van der Waals surface area contributed by atoms with Crippen LogP contribution >= 0.6 is 0 Å². The highest BCUT2D eigenvalue weighted by Crippen LogP contribution is 2.37. The molecule has 2 nitrogen and oxygen atoms in total. The number of hydrogen-bond donors (Lipinski definition) is 0. The van der Waals surface area contributed by atoms with Crippen LogP contribution in [-0.4, -0.2) is 17.8 Å². The normalized spacial score (nSPS) is 26.4. The average Bonchev–Trinajstić information content (AvgIpc) is 2.56. The van der Waals surface area contributed by atoms with E-state index in [9.17, 15) is 0 Å². The Morgan fingerprint density at radius 2 is 1.89 bits per heavy atom. The molecule has 0 radical (unpaired) electrons. The molecule has 1 saturated heterocycles. The lowest BCUT2D eigenvalue weighted by Crippen LogP contribution is -2.33. The van der Waals surface area contributed by atoms with Gasteiger partial charge in [0.2, 0.25) is 0 Å². The lowest BCUT2D eigenvalue weighted by molar-refractivity contribution is -0.115. The third-order valence-corrected chi connectivity index (χ3v) is 3.70. The van der Waals surface area contributed by atoms with E-state index in [1.54, 1.807) is 0 Å². The van der Waals surface area contributed by atoms with Gasteiger partial charge in [-0.05, 0) is 51.7 Å². The Hall–Kier alpha value is -0.860. The lowest BCUT2D eigenvalue weighted by atomic mass is 10.00. The molecule has 1 unspecified atom stereocenters. The predicted octanol–water partition coefficient (Wildman–Crippen LogP) is 3.86. The Morgan fingerprint density at radius 1 is 1.17 bits per heavy atom. The van der Waals surface area contributed by atoms with Gasteiger partial charge in [-0.2, -0.15) is 0 Å². The van der Waals surface area contributed by atoms with Gasteiger partial charge < -0.3 is 9.47 Å². The third-order valence-electron chi connectivity index (χ3n) is 3.70. The molecule has 0 N–H and O–H groups in total. The van der Waals surface area contributed by atoms with Crippen LogP contribution in [0.5, 0.6) is 0 Å². The average molecular weight is 248 g/mol. The molecule has 0 bridgehead atoms. The summed E-state index contributed by atoms with van der Waals surface area (Å²) in [5.74, 6) is 0. The Morgan fingerprint density at radius 3 is 2.50 bits per heavy atom. The fourth-order valence-corrected chi connectivity index (χ4v) is 2.59. The summed E-state index contributed by atoms with van der Waals surface area (Å²) in [6.07, 6.45) is 2.19. The molecule has 0 amide bonds. The van der Waals surface area contributed by atoms with Crippen molar-refractivity contribution in [1.29, 1.82) is 0 Å². The van der Waals surface area contributed by atoms with E-state index in [4.69, 9.17) is 9.47 Å². The number of ether oxygens (including phenoxy) is 2. The largest absolute Gasteiger partial charge is 0.374 e. The van der Waals surface area contributed by atoms with Crippen molar-refractivity contribution in [3.63, 3.8) is 0 Å². The van der Waals surface area contributed by atoms with E-state index < -0.39 is 0 Å². The maximum atomic E-state index is 6.08. The molecule has 1 aromatic carbocycles. The van der Waals surface area contributed by atoms with Crippen LogP contribution in [-0.2, 0) is 16.1 Å². The monoisotopic (exact) mass is 248 g/mol. The molecule has 1 aliphatic heterocycles. The van der Waals surface area contributed by atoms with E-state index in [0.29, 0.717) is 13.2 Å². The van der Waals surface area contributed by atoms with Gasteiger partial charge in [-0.15, -0.1) is 0 Å². The second-order valence-electron chi connectivity index (χ2n) is 6.23. The van der Waals surface area contributed by atoms with Crippen molar-refractivity contribution in [1.82, 2.24) is 0 Å². The van der Waals surface area contributed by atoms with E-state index in [1.807, 2.05) is 0 Å². The van der Waals surface area contributed by atoms with Gasteiger partial charge in [0, 0.05) is 0 Å². The highest BCUT2D eigenvalue weighted by atomic mass is 16.6. The summed E-state index contributed by atoms with van der Waals surface area (Å²) in [4.78, 5) is 0. The first-order valence-corrected chi connectivity index (χ1v) is 6.73. The van der Waals surface area contributed by atoms with E-state index in [2.05, 4.69) is 52.0 Å². The van der Waals surface area contributed by atoms with Crippen molar-refractivity contribution in [2.45, 2.75) is 58.3 Å². The zero-order chi connectivity index (χ0) is 13.2. The Balaban J connectivity index is 1.85. The maximum Gasteiger partial charge on any atom is 0.0895 e. The van der Waals surface area contributed by atoms with Gasteiger partial charge in [0.15, 0.2) is 0 Å². The van der Waals surface area contributed by atoms with Crippen LogP contribution in [0.2, 0.25) is 0 Å². The van der Waals surface area contributed by atoms with Crippen LogP contribution in [0, 0.1) is 6.92 Å². The number of hydrogen-bond acceptors (Lipinski definition) is 2. The fourth-order valence-electron chi connectivity index (χ4n) is 2.59. The highest BCUT2D eigenvalue weighted by Gasteiger charge is 2.40. The van der Waals surface area contributed by atoms with Gasteiger partial charge in [-0.3, -0.25) is 0 Å². The summed E-state index contributed by atoms with van der Waals surface area (Å²) in [5.41, 5.74) is 2.43. The van der Waals surface area contributed by atoms with Crippen LogP contribution in [0.25, 0.3) is 0 Å². The quantitative estimate of drug-likeness (QED) is 0.805. The zero-order valence-corrected chi connectivity index (χ0v) is 12.0. The summed E-state index contributed by atoms with van der Waals surface area (Å²) in [6.45, 7) is 9.92. The lowest BCUT2D eigenvalue weighted by Gasteiger charge is -2.27. The van der Waals surface area contributed by atoms with Crippen molar-refractivity contribution < 1.29 is 9.47 Å². The number of aryl methyl sites for hydroxylation is 1. The van der Waals surface area contributed by atoms with Gasteiger partial charge >= 0.3 is 0 Å². The molecule has 0 saturated carbocycles. The molecule has 1 heterocycles. The fraction of sp³-hybridized carbons (Fsp3) is 0.625. The van der Waals surface area contributed by atoms with Gasteiger partial charge in [-0.25, -0.2) is 0 Å². The molecule has 2 heteroatoms. The molecule has 1 aliphatic rings. The van der Waals surface area contributed by atoms with Crippen LogP contribution in [0.4, 0.5) is 0 Å². The first kappa shape index (κ1) is 13.6. The Kier molecular flexibility index (Phi) is 3.79. The van der Waals surface area contributed by atoms with Gasteiger partial charge in [0.25, 0.3) is 0 Å². The Labute approximate surface area is 110 Å². The minimum absolute atomic E-state index is 0.000767. The Bertz CT molecular complexity index is 411. The summed E-state index contributed by atoms with van der Waals surface area (Å²) < 4.78 is 11.9. The molecular formula is C16H24O2. The molecular weight excluding hydrogens is 224 g/mol. The maximum absolute atomic E-state index is 6.08. The van der Waals surface area contributed by atoms with Gasteiger partial charge in [0.1, 0.15) is 0 Å². The molecule has 1 fully saturated rings. The molecule has 0 aromatic heterocycles. The summed E-state index contributed by atoms with van der Waals surface area (Å²) >= 11 is 0. The predicted molar refractivity (Wildman–Crippen MR) is 73.6 cm³/mol. The van der Waals surface area contributed by atoms with E-state index >= 15 is 0 Å². The zero-order valence-electron chi connectivity index (χ0n) is 12.0. The summed E-state index contributed by atoms with van der Waals surface area (Å²) in [5, 5.41) is 0. The standard InChI is InChI=1S/C16H24O2/c1-13-7-5-6-8-14(13)11-17-12-16(4)10-9-15(2,3)18-16/h5-8H,9-12H2,1-4H3. The summed E-state index contributed by atoms with van der Waals surface area (Å²) in [7, 11) is 0. The van der Waals surface area contributed by atoms with E-state index in [-0.39, 0.29) is 11.2 Å². The molecule has 1 atom stereocenters. The number of benzene rings is 1. The highest BCUT2D eigenvalue weighted by molar-refractivity contribution is 5.24. The molecule has 0 spiro atoms. The molecule has 0 aliphatic carbocycles. The van der Waals surface area contributed by atoms with Crippen LogP contribution in [0.3, 0.4) is 0 Å². The van der Waals surface area contributed by atoms with Crippen LogP contribution in [0.1, 0.15) is 44.7 Å². The number of rotatable bonds is 4. The van der Waals surface area contributed by atoms with Gasteiger partial charge in [-0.1, -0.05) is 24.3 Å². The van der Waals surface area contributed by atoms with Crippen molar-refractivity contribution in [2.75, 3.05) is 6.61 Å². The van der Waals surface area contributed by atoms with Crippen molar-refractivity contribution in [3.05, 3.63) is 35.4 Å². The van der Waals surface area contributed by atoms with Crippen molar-refractivity contribution in [3.8, 4) is 0 Å². The third kappa shape index (κ3) is 3.33.